The van der Waals surface area contributed by atoms with E-state index in [1.807, 2.05) is 31.2 Å². The zero-order valence-electron chi connectivity index (χ0n) is 14.7. The molecule has 1 aliphatic rings. The molecule has 2 heterocycles. The van der Waals surface area contributed by atoms with E-state index in [1.165, 1.54) is 11.3 Å². The molecular formula is C17H23N5O2S. The summed E-state index contributed by atoms with van der Waals surface area (Å²) in [4.78, 5) is 17.0. The molecule has 1 amide bonds. The van der Waals surface area contributed by atoms with Gasteiger partial charge in [-0.25, -0.2) is 0 Å². The summed E-state index contributed by atoms with van der Waals surface area (Å²) in [5, 5.41) is 12.0. The van der Waals surface area contributed by atoms with Gasteiger partial charge in [0.05, 0.1) is 0 Å². The van der Waals surface area contributed by atoms with E-state index in [9.17, 15) is 4.79 Å². The summed E-state index contributed by atoms with van der Waals surface area (Å²) in [7, 11) is 3.75. The van der Waals surface area contributed by atoms with E-state index in [-0.39, 0.29) is 12.0 Å². The van der Waals surface area contributed by atoms with Crippen LogP contribution in [0.1, 0.15) is 28.4 Å². The Morgan fingerprint density at radius 3 is 2.52 bits per heavy atom. The molecule has 8 heteroatoms. The summed E-state index contributed by atoms with van der Waals surface area (Å²) in [6, 6.07) is 7.70. The summed E-state index contributed by atoms with van der Waals surface area (Å²) in [5.74, 6) is -0.183. The number of ether oxygens (including phenoxy) is 1. The highest BCUT2D eigenvalue weighted by Crippen LogP contribution is 2.24. The Kier molecular flexibility index (Phi) is 5.62. The van der Waals surface area contributed by atoms with E-state index in [4.69, 9.17) is 4.74 Å². The van der Waals surface area contributed by atoms with Crippen molar-refractivity contribution < 1.29 is 9.53 Å². The number of hydrogen-bond acceptors (Lipinski definition) is 7. The minimum Gasteiger partial charge on any atom is -0.374 e. The van der Waals surface area contributed by atoms with E-state index in [1.54, 1.807) is 7.11 Å². The van der Waals surface area contributed by atoms with Crippen LogP contribution in [0.4, 0.5) is 10.8 Å². The molecule has 0 saturated carbocycles. The fourth-order valence-electron chi connectivity index (χ4n) is 2.61. The van der Waals surface area contributed by atoms with Crippen LogP contribution < -0.4 is 10.2 Å². The van der Waals surface area contributed by atoms with Crippen molar-refractivity contribution in [2.24, 2.45) is 0 Å². The van der Waals surface area contributed by atoms with Crippen LogP contribution in [0.15, 0.2) is 24.3 Å². The number of hydrogen-bond donors (Lipinski definition) is 1. The van der Waals surface area contributed by atoms with Gasteiger partial charge in [0, 0.05) is 44.5 Å². The van der Waals surface area contributed by atoms with Gasteiger partial charge in [-0.05, 0) is 38.2 Å². The molecule has 1 unspecified atom stereocenters. The third kappa shape index (κ3) is 4.33. The van der Waals surface area contributed by atoms with Crippen LogP contribution in [0.25, 0.3) is 0 Å². The Labute approximate surface area is 151 Å². The molecule has 1 aromatic carbocycles. The first-order valence-electron chi connectivity index (χ1n) is 8.28. The number of nitrogens with one attached hydrogen (secondary N) is 1. The largest absolute Gasteiger partial charge is 0.374 e. The predicted molar refractivity (Wildman–Crippen MR) is 99.4 cm³/mol. The van der Waals surface area contributed by atoms with Crippen LogP contribution in [-0.2, 0) is 4.74 Å². The van der Waals surface area contributed by atoms with Gasteiger partial charge in [-0.3, -0.25) is 10.1 Å². The third-order valence-corrected chi connectivity index (χ3v) is 5.36. The number of likely N-dealkylation sites (N-methyl/N-ethyl adjacent to an activating group) is 1. The summed E-state index contributed by atoms with van der Waals surface area (Å²) in [5.41, 5.74) is 1.76. The standard InChI is InChI=1S/C17H23N5O2S/c1-12(24-3)16-19-20-17(25-16)18-15(23)13-4-6-14(7-5-13)22-10-8-21(2)9-11-22/h4-7,12H,8-11H2,1-3H3,(H,18,20,23). The summed E-state index contributed by atoms with van der Waals surface area (Å²) in [6.07, 6.45) is -0.133. The van der Waals surface area contributed by atoms with Crippen LogP contribution in [0, 0.1) is 0 Å². The van der Waals surface area contributed by atoms with Crippen LogP contribution in [0.2, 0.25) is 0 Å². The fourth-order valence-corrected chi connectivity index (χ4v) is 3.38. The number of carbonyl (C=O) groups is 1. The van der Waals surface area contributed by atoms with Gasteiger partial charge in [-0.15, -0.1) is 10.2 Å². The Hall–Kier alpha value is -2.03. The molecule has 0 aliphatic carbocycles. The van der Waals surface area contributed by atoms with E-state index in [0.29, 0.717) is 10.7 Å². The van der Waals surface area contributed by atoms with Gasteiger partial charge in [0.2, 0.25) is 5.13 Å². The first kappa shape index (κ1) is 17.8. The van der Waals surface area contributed by atoms with Crippen molar-refractivity contribution in [2.45, 2.75) is 13.0 Å². The van der Waals surface area contributed by atoms with E-state index < -0.39 is 0 Å². The molecule has 0 bridgehead atoms. The molecule has 0 spiro atoms. The maximum Gasteiger partial charge on any atom is 0.257 e. The van der Waals surface area contributed by atoms with Crippen molar-refractivity contribution in [3.8, 4) is 0 Å². The van der Waals surface area contributed by atoms with E-state index in [0.717, 1.165) is 36.9 Å². The number of aromatic nitrogens is 2. The highest BCUT2D eigenvalue weighted by atomic mass is 32.1. The fraction of sp³-hybridized carbons (Fsp3) is 0.471. The molecule has 0 radical (unpaired) electrons. The number of rotatable bonds is 5. The van der Waals surface area contributed by atoms with Crippen molar-refractivity contribution >= 4 is 28.1 Å². The lowest BCUT2D eigenvalue weighted by Gasteiger charge is -2.34. The minimum absolute atomic E-state index is 0.133. The Morgan fingerprint density at radius 1 is 1.20 bits per heavy atom. The molecule has 134 valence electrons. The lowest BCUT2D eigenvalue weighted by Crippen LogP contribution is -2.44. The zero-order chi connectivity index (χ0) is 17.8. The minimum atomic E-state index is -0.183. The smallest absolute Gasteiger partial charge is 0.257 e. The molecule has 2 aromatic rings. The number of benzene rings is 1. The van der Waals surface area contributed by atoms with Gasteiger partial charge in [-0.2, -0.15) is 0 Å². The van der Waals surface area contributed by atoms with Crippen molar-refractivity contribution in [1.82, 2.24) is 15.1 Å². The topological polar surface area (TPSA) is 70.6 Å². The highest BCUT2D eigenvalue weighted by molar-refractivity contribution is 7.15. The average Bonchev–Trinajstić information content (AvgIpc) is 3.10. The van der Waals surface area contributed by atoms with Gasteiger partial charge >= 0.3 is 0 Å². The van der Waals surface area contributed by atoms with Gasteiger partial charge in [-0.1, -0.05) is 11.3 Å². The predicted octanol–water partition coefficient (Wildman–Crippen LogP) is 2.25. The van der Waals surface area contributed by atoms with Crippen molar-refractivity contribution in [1.29, 1.82) is 0 Å². The molecule has 1 aromatic heterocycles. The third-order valence-electron chi connectivity index (χ3n) is 4.36. The van der Waals surface area contributed by atoms with Gasteiger partial charge in [0.15, 0.2) is 0 Å². The first-order chi connectivity index (χ1) is 12.1. The maximum atomic E-state index is 12.4. The molecule has 1 atom stereocenters. The SMILES string of the molecule is COC(C)c1nnc(NC(=O)c2ccc(N3CCN(C)CC3)cc2)s1. The van der Waals surface area contributed by atoms with E-state index in [2.05, 4.69) is 32.4 Å². The van der Waals surface area contributed by atoms with E-state index >= 15 is 0 Å². The number of methoxy groups -OCH3 is 1. The van der Waals surface area contributed by atoms with Gasteiger partial charge in [0.25, 0.3) is 5.91 Å². The van der Waals surface area contributed by atoms with Crippen molar-refractivity contribution in [2.75, 3.05) is 50.6 Å². The van der Waals surface area contributed by atoms with Crippen LogP contribution in [0.5, 0.6) is 0 Å². The van der Waals surface area contributed by atoms with Gasteiger partial charge < -0.3 is 14.5 Å². The average molecular weight is 361 g/mol. The first-order valence-corrected chi connectivity index (χ1v) is 9.09. The lowest BCUT2D eigenvalue weighted by molar-refractivity contribution is 0.102. The Balaban J connectivity index is 1.61. The second-order valence-electron chi connectivity index (χ2n) is 6.11. The monoisotopic (exact) mass is 361 g/mol. The summed E-state index contributed by atoms with van der Waals surface area (Å²) < 4.78 is 5.20. The number of amides is 1. The number of carbonyl (C=O) groups excluding carboxylic acids is 1. The Bertz CT molecular complexity index is 710. The van der Waals surface area contributed by atoms with Crippen LogP contribution in [0.3, 0.4) is 0 Å². The molecule has 1 saturated heterocycles. The molecule has 1 aliphatic heterocycles. The second-order valence-corrected chi connectivity index (χ2v) is 7.12. The maximum absolute atomic E-state index is 12.4. The Morgan fingerprint density at radius 2 is 1.88 bits per heavy atom. The highest BCUT2D eigenvalue weighted by Gasteiger charge is 2.16. The number of nitrogens with zero attached hydrogens (tertiary/aromatic N) is 4. The quantitative estimate of drug-likeness (QED) is 0.881. The summed E-state index contributed by atoms with van der Waals surface area (Å²) >= 11 is 1.32. The number of piperazine rings is 1. The van der Waals surface area contributed by atoms with Crippen molar-refractivity contribution in [3.63, 3.8) is 0 Å². The van der Waals surface area contributed by atoms with Crippen LogP contribution >= 0.6 is 11.3 Å². The lowest BCUT2D eigenvalue weighted by atomic mass is 10.1. The molecule has 7 nitrogen and oxygen atoms in total. The molecule has 3 rings (SSSR count). The normalized spacial score (nSPS) is 16.7. The van der Waals surface area contributed by atoms with Gasteiger partial charge in [0.1, 0.15) is 11.1 Å². The van der Waals surface area contributed by atoms with Crippen molar-refractivity contribution in [3.05, 3.63) is 34.8 Å². The van der Waals surface area contributed by atoms with Crippen LogP contribution in [-0.4, -0.2) is 61.3 Å². The molecule has 1 N–H and O–H groups in total. The zero-order valence-corrected chi connectivity index (χ0v) is 15.5. The molecule has 1 fully saturated rings. The molecular weight excluding hydrogens is 338 g/mol. The second kappa shape index (κ2) is 7.90. The molecule has 25 heavy (non-hydrogen) atoms. The number of anilines is 2. The summed E-state index contributed by atoms with van der Waals surface area (Å²) in [6.45, 7) is 6.02.